The maximum Gasteiger partial charge on any atom is 0.315 e. The van der Waals surface area contributed by atoms with E-state index in [4.69, 9.17) is 5.11 Å². The van der Waals surface area contributed by atoms with Gasteiger partial charge in [0.05, 0.1) is 6.61 Å². The van der Waals surface area contributed by atoms with Gasteiger partial charge in [-0.1, -0.05) is 24.3 Å². The van der Waals surface area contributed by atoms with Gasteiger partial charge in [0.25, 0.3) is 0 Å². The van der Waals surface area contributed by atoms with E-state index in [1.165, 1.54) is 0 Å². The van der Waals surface area contributed by atoms with Crippen molar-refractivity contribution in [3.05, 3.63) is 35.4 Å². The minimum absolute atomic E-state index is 0.0178. The fourth-order valence-corrected chi connectivity index (χ4v) is 2.40. The minimum Gasteiger partial charge on any atom is -0.395 e. The van der Waals surface area contributed by atoms with Crippen LogP contribution in [0, 0.1) is 6.92 Å². The molecule has 0 aromatic heterocycles. The number of hydrogen-bond donors (Lipinski definition) is 3. The molecule has 2 atom stereocenters. The first-order valence-electron chi connectivity index (χ1n) is 6.31. The molecule has 1 rings (SSSR count). The van der Waals surface area contributed by atoms with Crippen LogP contribution in [0.4, 0.5) is 4.79 Å². The van der Waals surface area contributed by atoms with Crippen molar-refractivity contribution in [1.82, 2.24) is 10.6 Å². The summed E-state index contributed by atoms with van der Waals surface area (Å²) < 4.78 is 0. The fraction of sp³-hybridized carbons (Fsp3) is 0.500. The molecule has 1 aromatic rings. The molecule has 106 valence electrons. The summed E-state index contributed by atoms with van der Waals surface area (Å²) in [5.41, 5.74) is 2.27. The van der Waals surface area contributed by atoms with Crippen LogP contribution < -0.4 is 10.6 Å². The number of rotatable bonds is 6. The third-order valence-electron chi connectivity index (χ3n) is 3.10. The highest BCUT2D eigenvalue weighted by molar-refractivity contribution is 7.99. The van der Waals surface area contributed by atoms with Crippen LogP contribution in [0.1, 0.15) is 18.1 Å². The summed E-state index contributed by atoms with van der Waals surface area (Å²) in [5.74, 6) is 0. The number of nitrogens with one attached hydrogen (secondary N) is 2. The Labute approximate surface area is 119 Å². The molecule has 19 heavy (non-hydrogen) atoms. The molecule has 0 spiro atoms. The number of aliphatic hydroxyl groups is 1. The second-order valence-electron chi connectivity index (χ2n) is 4.50. The monoisotopic (exact) mass is 282 g/mol. The van der Waals surface area contributed by atoms with Gasteiger partial charge in [-0.25, -0.2) is 4.79 Å². The molecule has 0 aliphatic rings. The van der Waals surface area contributed by atoms with E-state index >= 15 is 0 Å². The molecule has 0 heterocycles. The average Bonchev–Trinajstić information content (AvgIpc) is 2.39. The van der Waals surface area contributed by atoms with Gasteiger partial charge < -0.3 is 15.7 Å². The van der Waals surface area contributed by atoms with E-state index < -0.39 is 0 Å². The summed E-state index contributed by atoms with van der Waals surface area (Å²) in [6, 6.07) is 7.68. The van der Waals surface area contributed by atoms with Gasteiger partial charge in [0, 0.05) is 17.8 Å². The molecule has 0 aliphatic heterocycles. The average molecular weight is 282 g/mol. The summed E-state index contributed by atoms with van der Waals surface area (Å²) in [6.07, 6.45) is 1.92. The molecule has 0 radical (unpaired) electrons. The van der Waals surface area contributed by atoms with E-state index in [1.807, 2.05) is 44.4 Å². The van der Waals surface area contributed by atoms with E-state index in [2.05, 4.69) is 10.6 Å². The summed E-state index contributed by atoms with van der Waals surface area (Å²) >= 11 is 1.54. The van der Waals surface area contributed by atoms with Crippen LogP contribution in [-0.2, 0) is 6.54 Å². The Morgan fingerprint density at radius 2 is 2.11 bits per heavy atom. The lowest BCUT2D eigenvalue weighted by molar-refractivity contribution is 0.232. The Hall–Kier alpha value is -1.20. The summed E-state index contributed by atoms with van der Waals surface area (Å²) in [5, 5.41) is 14.9. The van der Waals surface area contributed by atoms with Crippen LogP contribution >= 0.6 is 11.8 Å². The van der Waals surface area contributed by atoms with Crippen molar-refractivity contribution in [2.75, 3.05) is 12.9 Å². The molecular weight excluding hydrogens is 260 g/mol. The van der Waals surface area contributed by atoms with E-state index in [0.29, 0.717) is 6.54 Å². The van der Waals surface area contributed by atoms with Gasteiger partial charge in [-0.3, -0.25) is 0 Å². The first kappa shape index (κ1) is 15.9. The molecule has 2 amide bonds. The van der Waals surface area contributed by atoms with Gasteiger partial charge in [-0.05, 0) is 31.2 Å². The van der Waals surface area contributed by atoms with Crippen LogP contribution in [0.15, 0.2) is 24.3 Å². The number of carbonyl (C=O) groups excluding carboxylic acids is 1. The molecule has 3 N–H and O–H groups in total. The van der Waals surface area contributed by atoms with Crippen molar-refractivity contribution in [3.8, 4) is 0 Å². The van der Waals surface area contributed by atoms with Gasteiger partial charge in [0.2, 0.25) is 0 Å². The van der Waals surface area contributed by atoms with Gasteiger partial charge in [0.1, 0.15) is 0 Å². The van der Waals surface area contributed by atoms with Crippen molar-refractivity contribution in [2.45, 2.75) is 31.7 Å². The van der Waals surface area contributed by atoms with Crippen molar-refractivity contribution >= 4 is 17.8 Å². The van der Waals surface area contributed by atoms with Crippen LogP contribution in [-0.4, -0.2) is 35.3 Å². The molecular formula is C14H22N2O2S. The Bertz CT molecular complexity index is 408. The third-order valence-corrected chi connectivity index (χ3v) is 4.26. The predicted molar refractivity (Wildman–Crippen MR) is 80.4 cm³/mol. The summed E-state index contributed by atoms with van der Waals surface area (Å²) in [4.78, 5) is 11.8. The number of benzene rings is 1. The number of aliphatic hydroxyl groups excluding tert-OH is 1. The lowest BCUT2D eigenvalue weighted by Gasteiger charge is -2.21. The van der Waals surface area contributed by atoms with Gasteiger partial charge in [-0.15, -0.1) is 0 Å². The van der Waals surface area contributed by atoms with E-state index in [1.54, 1.807) is 11.8 Å². The smallest absolute Gasteiger partial charge is 0.315 e. The Balaban J connectivity index is 2.42. The second kappa shape index (κ2) is 8.07. The first-order valence-corrected chi connectivity index (χ1v) is 7.59. The zero-order chi connectivity index (χ0) is 14.3. The minimum atomic E-state index is -0.205. The Kier molecular flexibility index (Phi) is 6.73. The highest BCUT2D eigenvalue weighted by Crippen LogP contribution is 2.10. The summed E-state index contributed by atoms with van der Waals surface area (Å²) in [7, 11) is 0. The molecule has 1 aromatic carbocycles. The van der Waals surface area contributed by atoms with Crippen molar-refractivity contribution in [3.63, 3.8) is 0 Å². The quantitative estimate of drug-likeness (QED) is 0.747. The summed E-state index contributed by atoms with van der Waals surface area (Å²) in [6.45, 7) is 4.48. The Morgan fingerprint density at radius 1 is 1.42 bits per heavy atom. The number of thioether (sulfide) groups is 1. The van der Waals surface area contributed by atoms with Gasteiger partial charge in [0.15, 0.2) is 0 Å². The second-order valence-corrected chi connectivity index (χ2v) is 5.58. The normalized spacial score (nSPS) is 13.7. The number of hydrogen-bond acceptors (Lipinski definition) is 3. The van der Waals surface area contributed by atoms with Crippen molar-refractivity contribution in [2.24, 2.45) is 0 Å². The predicted octanol–water partition coefficient (Wildman–Crippen LogP) is 1.91. The SMILES string of the molecule is CSC(CO)C(C)NC(=O)NCc1ccccc1C. The molecule has 4 nitrogen and oxygen atoms in total. The lowest BCUT2D eigenvalue weighted by atomic mass is 10.1. The van der Waals surface area contributed by atoms with Crippen LogP contribution in [0.5, 0.6) is 0 Å². The molecule has 0 fully saturated rings. The zero-order valence-corrected chi connectivity index (χ0v) is 12.5. The third kappa shape index (κ3) is 5.12. The maximum absolute atomic E-state index is 11.8. The van der Waals surface area contributed by atoms with Gasteiger partial charge in [-0.2, -0.15) is 11.8 Å². The molecule has 0 saturated heterocycles. The number of urea groups is 1. The zero-order valence-electron chi connectivity index (χ0n) is 11.6. The molecule has 0 saturated carbocycles. The molecule has 0 bridgehead atoms. The molecule has 0 aliphatic carbocycles. The molecule has 2 unspecified atom stereocenters. The number of aryl methyl sites for hydroxylation is 1. The fourth-order valence-electron chi connectivity index (χ4n) is 1.77. The van der Waals surface area contributed by atoms with Gasteiger partial charge >= 0.3 is 6.03 Å². The van der Waals surface area contributed by atoms with Crippen LogP contribution in [0.2, 0.25) is 0 Å². The standard InChI is InChI=1S/C14H22N2O2S/c1-10-6-4-5-7-12(10)8-15-14(18)16-11(2)13(9-17)19-3/h4-7,11,13,17H,8-9H2,1-3H3,(H2,15,16,18). The number of carbonyl (C=O) groups is 1. The Morgan fingerprint density at radius 3 is 2.68 bits per heavy atom. The van der Waals surface area contributed by atoms with E-state index in [0.717, 1.165) is 11.1 Å². The van der Waals surface area contributed by atoms with E-state index in [9.17, 15) is 4.79 Å². The highest BCUT2D eigenvalue weighted by Gasteiger charge is 2.17. The first-order chi connectivity index (χ1) is 9.08. The topological polar surface area (TPSA) is 61.4 Å². The van der Waals surface area contributed by atoms with Crippen molar-refractivity contribution in [1.29, 1.82) is 0 Å². The lowest BCUT2D eigenvalue weighted by Crippen LogP contribution is -2.45. The largest absolute Gasteiger partial charge is 0.395 e. The van der Waals surface area contributed by atoms with Crippen LogP contribution in [0.3, 0.4) is 0 Å². The van der Waals surface area contributed by atoms with E-state index in [-0.39, 0.29) is 23.9 Å². The van der Waals surface area contributed by atoms with Crippen molar-refractivity contribution < 1.29 is 9.90 Å². The number of amides is 2. The van der Waals surface area contributed by atoms with Crippen LogP contribution in [0.25, 0.3) is 0 Å². The highest BCUT2D eigenvalue weighted by atomic mass is 32.2. The molecule has 5 heteroatoms. The maximum atomic E-state index is 11.8.